The van der Waals surface area contributed by atoms with Gasteiger partial charge in [-0.05, 0) is 24.5 Å². The van der Waals surface area contributed by atoms with Crippen molar-refractivity contribution in [2.75, 3.05) is 0 Å². The minimum absolute atomic E-state index is 0.211. The van der Waals surface area contributed by atoms with Crippen molar-refractivity contribution >= 4 is 11.4 Å². The van der Waals surface area contributed by atoms with Crippen LogP contribution in [0.5, 0.6) is 0 Å². The molecule has 7 heteroatoms. The Labute approximate surface area is 168 Å². The minimum atomic E-state index is -0.211. The van der Waals surface area contributed by atoms with E-state index in [1.807, 2.05) is 53.2 Å². The third-order valence-corrected chi connectivity index (χ3v) is 5.53. The van der Waals surface area contributed by atoms with Crippen LogP contribution in [0.2, 0.25) is 0 Å². The largest absolute Gasteiger partial charge is 0.347 e. The van der Waals surface area contributed by atoms with Gasteiger partial charge in [0, 0.05) is 25.1 Å². The van der Waals surface area contributed by atoms with Crippen molar-refractivity contribution in [3.8, 4) is 11.5 Å². The number of nitrogens with zero attached hydrogens (tertiary/aromatic N) is 5. The van der Waals surface area contributed by atoms with Crippen LogP contribution in [0.25, 0.3) is 17.0 Å². The molecular weight excluding hydrogens is 364 g/mol. The topological polar surface area (TPSA) is 77.1 Å². The highest BCUT2D eigenvalue weighted by Crippen LogP contribution is 2.33. The Morgan fingerprint density at radius 1 is 1.10 bits per heavy atom. The monoisotopic (exact) mass is 386 g/mol. The van der Waals surface area contributed by atoms with Crippen molar-refractivity contribution in [2.24, 2.45) is 0 Å². The molecule has 0 radical (unpaired) electrons. The zero-order valence-corrected chi connectivity index (χ0v) is 16.0. The van der Waals surface area contributed by atoms with Gasteiger partial charge in [-0.3, -0.25) is 18.9 Å². The first-order valence-corrected chi connectivity index (χ1v) is 9.99. The fourth-order valence-corrected chi connectivity index (χ4v) is 4.08. The molecule has 4 aromatic rings. The number of amides is 1. The average molecular weight is 386 g/mol. The van der Waals surface area contributed by atoms with E-state index in [1.54, 1.807) is 12.4 Å². The highest BCUT2D eigenvalue weighted by molar-refractivity contribution is 5.99. The van der Waals surface area contributed by atoms with Crippen LogP contribution in [0, 0.1) is 0 Å². The summed E-state index contributed by atoms with van der Waals surface area (Å²) in [6.07, 6.45) is 11.8. The number of carbonyl (C=O) groups is 1. The van der Waals surface area contributed by atoms with E-state index >= 15 is 0 Å². The maximum atomic E-state index is 12.9. The van der Waals surface area contributed by atoms with Crippen molar-refractivity contribution in [3.05, 3.63) is 72.4 Å². The van der Waals surface area contributed by atoms with Gasteiger partial charge in [-0.25, -0.2) is 4.98 Å². The van der Waals surface area contributed by atoms with E-state index < -0.39 is 0 Å². The van der Waals surface area contributed by atoms with E-state index in [9.17, 15) is 4.79 Å². The SMILES string of the molecule is O=C(NCc1ccccc1)c1nc(-c2ccnn2C2CCCC2)n2ccncc12. The minimum Gasteiger partial charge on any atom is -0.347 e. The van der Waals surface area contributed by atoms with E-state index in [0.717, 1.165) is 29.9 Å². The highest BCUT2D eigenvalue weighted by atomic mass is 16.1. The van der Waals surface area contributed by atoms with Crippen LogP contribution >= 0.6 is 0 Å². The van der Waals surface area contributed by atoms with Gasteiger partial charge in [0.05, 0.1) is 17.8 Å². The van der Waals surface area contributed by atoms with Gasteiger partial charge in [-0.1, -0.05) is 43.2 Å². The molecule has 29 heavy (non-hydrogen) atoms. The van der Waals surface area contributed by atoms with E-state index in [1.165, 1.54) is 12.8 Å². The lowest BCUT2D eigenvalue weighted by Crippen LogP contribution is -2.23. The van der Waals surface area contributed by atoms with Crippen molar-refractivity contribution < 1.29 is 4.79 Å². The number of imidazole rings is 1. The van der Waals surface area contributed by atoms with Crippen molar-refractivity contribution in [2.45, 2.75) is 38.3 Å². The Balaban J connectivity index is 1.50. The number of nitrogens with one attached hydrogen (secondary N) is 1. The molecule has 0 bridgehead atoms. The second-order valence-corrected chi connectivity index (χ2v) is 7.38. The summed E-state index contributed by atoms with van der Waals surface area (Å²) >= 11 is 0. The smallest absolute Gasteiger partial charge is 0.272 e. The number of rotatable bonds is 5. The van der Waals surface area contributed by atoms with Gasteiger partial charge in [0.2, 0.25) is 0 Å². The zero-order valence-electron chi connectivity index (χ0n) is 16.0. The molecule has 0 saturated heterocycles. The lowest BCUT2D eigenvalue weighted by atomic mass is 10.2. The summed E-state index contributed by atoms with van der Waals surface area (Å²) in [5.41, 5.74) is 3.04. The first-order valence-electron chi connectivity index (χ1n) is 9.99. The molecule has 1 amide bonds. The second kappa shape index (κ2) is 7.50. The number of hydrogen-bond acceptors (Lipinski definition) is 4. The van der Waals surface area contributed by atoms with Crippen LogP contribution in [0.3, 0.4) is 0 Å². The summed E-state index contributed by atoms with van der Waals surface area (Å²) in [6, 6.07) is 12.2. The van der Waals surface area contributed by atoms with Gasteiger partial charge in [-0.2, -0.15) is 5.10 Å². The Morgan fingerprint density at radius 3 is 2.76 bits per heavy atom. The molecule has 1 saturated carbocycles. The molecule has 146 valence electrons. The van der Waals surface area contributed by atoms with Crippen LogP contribution in [0.1, 0.15) is 47.8 Å². The van der Waals surface area contributed by atoms with Crippen molar-refractivity contribution in [1.82, 2.24) is 29.5 Å². The summed E-state index contributed by atoms with van der Waals surface area (Å²) < 4.78 is 3.99. The third-order valence-electron chi connectivity index (χ3n) is 5.53. The molecule has 5 rings (SSSR count). The summed E-state index contributed by atoms with van der Waals surface area (Å²) in [7, 11) is 0. The molecule has 1 fully saturated rings. The van der Waals surface area contributed by atoms with Gasteiger partial charge in [0.1, 0.15) is 5.69 Å². The number of carbonyl (C=O) groups excluding carboxylic acids is 1. The number of aromatic nitrogens is 5. The molecule has 3 heterocycles. The van der Waals surface area contributed by atoms with Crippen LogP contribution in [0.15, 0.2) is 61.2 Å². The summed E-state index contributed by atoms with van der Waals surface area (Å²) in [4.78, 5) is 21.9. The lowest BCUT2D eigenvalue weighted by Gasteiger charge is -2.13. The van der Waals surface area contributed by atoms with Crippen LogP contribution in [-0.4, -0.2) is 30.1 Å². The predicted octanol–water partition coefficient (Wildman–Crippen LogP) is 3.64. The molecule has 1 aliphatic carbocycles. The first-order chi connectivity index (χ1) is 14.3. The lowest BCUT2D eigenvalue weighted by molar-refractivity contribution is 0.0948. The zero-order chi connectivity index (χ0) is 19.6. The summed E-state index contributed by atoms with van der Waals surface area (Å²) in [5.74, 6) is 0.509. The molecule has 0 unspecified atom stereocenters. The fourth-order valence-electron chi connectivity index (χ4n) is 4.08. The normalized spacial score (nSPS) is 14.5. The van der Waals surface area contributed by atoms with Gasteiger partial charge >= 0.3 is 0 Å². The number of benzene rings is 1. The van der Waals surface area contributed by atoms with Crippen LogP contribution < -0.4 is 5.32 Å². The van der Waals surface area contributed by atoms with Gasteiger partial charge in [0.15, 0.2) is 11.5 Å². The van der Waals surface area contributed by atoms with Gasteiger partial charge in [-0.15, -0.1) is 0 Å². The Morgan fingerprint density at radius 2 is 1.93 bits per heavy atom. The molecule has 7 nitrogen and oxygen atoms in total. The maximum Gasteiger partial charge on any atom is 0.272 e. The first kappa shape index (κ1) is 17.6. The van der Waals surface area contributed by atoms with Gasteiger partial charge in [0.25, 0.3) is 5.91 Å². The maximum absolute atomic E-state index is 12.9. The molecule has 3 aromatic heterocycles. The Hall–Kier alpha value is -3.48. The molecule has 0 spiro atoms. The Bertz CT molecular complexity index is 1140. The third kappa shape index (κ3) is 3.29. The van der Waals surface area contributed by atoms with E-state index in [0.29, 0.717) is 23.8 Å². The fraction of sp³-hybridized carbons (Fsp3) is 0.273. The number of hydrogen-bond donors (Lipinski definition) is 1. The molecule has 0 aliphatic heterocycles. The van der Waals surface area contributed by atoms with E-state index in [2.05, 4.69) is 20.1 Å². The van der Waals surface area contributed by atoms with Crippen molar-refractivity contribution in [3.63, 3.8) is 0 Å². The molecule has 1 aromatic carbocycles. The molecular formula is C22H22N6O. The summed E-state index contributed by atoms with van der Waals surface area (Å²) in [6.45, 7) is 0.453. The van der Waals surface area contributed by atoms with Crippen LogP contribution in [-0.2, 0) is 6.54 Å². The predicted molar refractivity (Wildman–Crippen MR) is 109 cm³/mol. The number of fused-ring (bicyclic) bond motifs is 1. The van der Waals surface area contributed by atoms with Crippen LogP contribution in [0.4, 0.5) is 0 Å². The highest BCUT2D eigenvalue weighted by Gasteiger charge is 2.24. The van der Waals surface area contributed by atoms with E-state index in [-0.39, 0.29) is 5.91 Å². The standard InChI is InChI=1S/C22H22N6O/c29-22(24-14-16-6-2-1-3-7-16)20-19-15-23-12-13-27(19)21(26-20)18-10-11-25-28(18)17-8-4-5-9-17/h1-3,6-7,10-13,15,17H,4-5,8-9,14H2,(H,24,29). The van der Waals surface area contributed by atoms with Crippen molar-refractivity contribution in [1.29, 1.82) is 0 Å². The quantitative estimate of drug-likeness (QED) is 0.568. The average Bonchev–Trinajstić information content (AvgIpc) is 3.51. The van der Waals surface area contributed by atoms with Gasteiger partial charge < -0.3 is 5.32 Å². The summed E-state index contributed by atoms with van der Waals surface area (Å²) in [5, 5.41) is 7.53. The Kier molecular flexibility index (Phi) is 4.56. The molecule has 1 aliphatic rings. The van der Waals surface area contributed by atoms with E-state index in [4.69, 9.17) is 4.98 Å². The molecule has 0 atom stereocenters. The molecule has 1 N–H and O–H groups in total. The second-order valence-electron chi connectivity index (χ2n) is 7.38.